The Morgan fingerprint density at radius 2 is 2.12 bits per heavy atom. The van der Waals surface area contributed by atoms with E-state index in [4.69, 9.17) is 11.6 Å². The summed E-state index contributed by atoms with van der Waals surface area (Å²) in [5, 5.41) is 1.07. The number of halogens is 2. The summed E-state index contributed by atoms with van der Waals surface area (Å²) in [4.78, 5) is 14.7. The molecule has 0 saturated heterocycles. The molecule has 2 aromatic rings. The average Bonchev–Trinajstić information content (AvgIpc) is 2.59. The summed E-state index contributed by atoms with van der Waals surface area (Å²) >= 11 is 5.95. The van der Waals surface area contributed by atoms with Gasteiger partial charge in [0.1, 0.15) is 5.82 Å². The molecular weight excluding hydrogens is 229 g/mol. The van der Waals surface area contributed by atoms with Gasteiger partial charge in [-0.05, 0) is 30.5 Å². The third kappa shape index (κ3) is 1.28. The highest BCUT2D eigenvalue weighted by atomic mass is 35.5. The Bertz CT molecular complexity index is 603. The lowest BCUT2D eigenvalue weighted by molar-refractivity contribution is 0.0968. The van der Waals surface area contributed by atoms with Gasteiger partial charge in [-0.15, -0.1) is 0 Å². The van der Waals surface area contributed by atoms with Gasteiger partial charge in [0.05, 0.1) is 16.2 Å². The van der Waals surface area contributed by atoms with E-state index in [9.17, 15) is 9.18 Å². The molecule has 1 aromatic carbocycles. The fraction of sp³-hybridized carbons (Fsp3) is 0.250. The maximum Gasteiger partial charge on any atom is 0.179 e. The van der Waals surface area contributed by atoms with Crippen LogP contribution >= 0.6 is 11.6 Å². The quantitative estimate of drug-likeness (QED) is 0.748. The first-order chi connectivity index (χ1) is 7.66. The standard InChI is InChI=1S/C12H9ClFNO/c13-9-5-6(14)4-8-7-2-1-3-10(16)12(7)15-11(8)9/h4-5,15H,1-3H2. The normalized spacial score (nSPS) is 15.5. The van der Waals surface area contributed by atoms with Gasteiger partial charge in [0, 0.05) is 11.8 Å². The highest BCUT2D eigenvalue weighted by molar-refractivity contribution is 6.35. The van der Waals surface area contributed by atoms with Gasteiger partial charge in [0.15, 0.2) is 5.78 Å². The molecule has 16 heavy (non-hydrogen) atoms. The molecule has 0 aliphatic heterocycles. The van der Waals surface area contributed by atoms with Gasteiger partial charge in [-0.25, -0.2) is 4.39 Å². The SMILES string of the molecule is O=C1CCCc2c1[nH]c1c(Cl)cc(F)cc21. The Morgan fingerprint density at radius 3 is 2.94 bits per heavy atom. The summed E-state index contributed by atoms with van der Waals surface area (Å²) in [5.41, 5.74) is 2.18. The zero-order valence-electron chi connectivity index (χ0n) is 8.44. The molecule has 1 N–H and O–H groups in total. The van der Waals surface area contributed by atoms with Crippen molar-refractivity contribution in [1.29, 1.82) is 0 Å². The molecule has 0 fully saturated rings. The van der Waals surface area contributed by atoms with Gasteiger partial charge in [-0.1, -0.05) is 11.6 Å². The Balaban J connectivity index is 2.40. The van der Waals surface area contributed by atoms with Crippen molar-refractivity contribution in [1.82, 2.24) is 4.98 Å². The lowest BCUT2D eigenvalue weighted by Gasteiger charge is -2.09. The number of benzene rings is 1. The fourth-order valence-electron chi connectivity index (χ4n) is 2.32. The molecule has 1 aliphatic rings. The minimum Gasteiger partial charge on any atom is -0.351 e. The van der Waals surface area contributed by atoms with Crippen LogP contribution in [0.5, 0.6) is 0 Å². The topological polar surface area (TPSA) is 32.9 Å². The summed E-state index contributed by atoms with van der Waals surface area (Å²) in [5.74, 6) is -0.272. The van der Waals surface area contributed by atoms with E-state index in [1.165, 1.54) is 12.1 Å². The summed E-state index contributed by atoms with van der Waals surface area (Å²) in [7, 11) is 0. The molecule has 0 bridgehead atoms. The van der Waals surface area contributed by atoms with E-state index in [-0.39, 0.29) is 11.6 Å². The second-order valence-corrected chi connectivity index (χ2v) is 4.47. The molecule has 0 amide bonds. The third-order valence-corrected chi connectivity index (χ3v) is 3.34. The molecule has 0 saturated carbocycles. The van der Waals surface area contributed by atoms with E-state index in [0.717, 1.165) is 23.8 Å². The van der Waals surface area contributed by atoms with Crippen LogP contribution in [0.3, 0.4) is 0 Å². The number of Topliss-reactive ketones (excluding diaryl/α,β-unsaturated/α-hetero) is 1. The van der Waals surface area contributed by atoms with E-state index in [0.29, 0.717) is 22.7 Å². The van der Waals surface area contributed by atoms with Crippen LogP contribution in [-0.2, 0) is 6.42 Å². The van der Waals surface area contributed by atoms with Crippen molar-refractivity contribution in [2.75, 3.05) is 0 Å². The molecular formula is C12H9ClFNO. The molecule has 0 spiro atoms. The van der Waals surface area contributed by atoms with Gasteiger partial charge < -0.3 is 4.98 Å². The molecule has 3 rings (SSSR count). The first-order valence-corrected chi connectivity index (χ1v) is 5.57. The molecule has 1 aliphatic carbocycles. The predicted molar refractivity (Wildman–Crippen MR) is 60.5 cm³/mol. The summed E-state index contributed by atoms with van der Waals surface area (Å²) in [6.45, 7) is 0. The minimum absolute atomic E-state index is 0.0916. The number of carbonyl (C=O) groups excluding carboxylic acids is 1. The lowest BCUT2D eigenvalue weighted by Crippen LogP contribution is -2.09. The number of fused-ring (bicyclic) bond motifs is 3. The zero-order valence-corrected chi connectivity index (χ0v) is 9.20. The molecule has 0 radical (unpaired) electrons. The minimum atomic E-state index is -0.364. The maximum absolute atomic E-state index is 13.3. The van der Waals surface area contributed by atoms with E-state index in [1.54, 1.807) is 0 Å². The van der Waals surface area contributed by atoms with Gasteiger partial charge in [-0.2, -0.15) is 0 Å². The van der Waals surface area contributed by atoms with Crippen molar-refractivity contribution in [3.8, 4) is 0 Å². The number of aromatic amines is 1. The number of H-pyrrole nitrogens is 1. The van der Waals surface area contributed by atoms with Gasteiger partial charge >= 0.3 is 0 Å². The number of carbonyl (C=O) groups is 1. The number of aryl methyl sites for hydroxylation is 1. The predicted octanol–water partition coefficient (Wildman–Crippen LogP) is 3.48. The van der Waals surface area contributed by atoms with E-state index >= 15 is 0 Å². The average molecular weight is 238 g/mol. The van der Waals surface area contributed by atoms with Crippen LogP contribution in [0, 0.1) is 5.82 Å². The van der Waals surface area contributed by atoms with Crippen LogP contribution in [-0.4, -0.2) is 10.8 Å². The second kappa shape index (κ2) is 3.32. The second-order valence-electron chi connectivity index (χ2n) is 4.07. The molecule has 0 atom stereocenters. The van der Waals surface area contributed by atoms with Crippen molar-refractivity contribution >= 4 is 28.3 Å². The van der Waals surface area contributed by atoms with Crippen LogP contribution in [0.15, 0.2) is 12.1 Å². The number of aromatic nitrogens is 1. The van der Waals surface area contributed by atoms with Crippen molar-refractivity contribution in [3.05, 3.63) is 34.2 Å². The Kier molecular flexibility index (Phi) is 2.04. The van der Waals surface area contributed by atoms with E-state index in [2.05, 4.69) is 4.98 Å². The fourth-order valence-corrected chi connectivity index (χ4v) is 2.58. The zero-order chi connectivity index (χ0) is 11.3. The van der Waals surface area contributed by atoms with Crippen LogP contribution in [0.4, 0.5) is 4.39 Å². The van der Waals surface area contributed by atoms with Crippen molar-refractivity contribution < 1.29 is 9.18 Å². The largest absolute Gasteiger partial charge is 0.351 e. The molecule has 0 unspecified atom stereocenters. The molecule has 1 heterocycles. The number of nitrogens with one attached hydrogen (secondary N) is 1. The first-order valence-electron chi connectivity index (χ1n) is 5.19. The lowest BCUT2D eigenvalue weighted by atomic mass is 9.95. The highest BCUT2D eigenvalue weighted by Gasteiger charge is 2.23. The summed E-state index contributed by atoms with van der Waals surface area (Å²) in [6, 6.07) is 2.70. The molecule has 2 nitrogen and oxygen atoms in total. The van der Waals surface area contributed by atoms with Gasteiger partial charge in [-0.3, -0.25) is 4.79 Å². The van der Waals surface area contributed by atoms with Crippen molar-refractivity contribution in [2.45, 2.75) is 19.3 Å². The van der Waals surface area contributed by atoms with E-state index in [1.807, 2.05) is 0 Å². The Hall–Kier alpha value is -1.35. The maximum atomic E-state index is 13.3. The Morgan fingerprint density at radius 1 is 1.31 bits per heavy atom. The first kappa shape index (κ1) is 9.85. The number of hydrogen-bond acceptors (Lipinski definition) is 1. The van der Waals surface area contributed by atoms with Crippen LogP contribution in [0.25, 0.3) is 10.9 Å². The summed E-state index contributed by atoms with van der Waals surface area (Å²) in [6.07, 6.45) is 2.19. The molecule has 4 heteroatoms. The van der Waals surface area contributed by atoms with Gasteiger partial charge in [0.25, 0.3) is 0 Å². The van der Waals surface area contributed by atoms with Crippen molar-refractivity contribution in [3.63, 3.8) is 0 Å². The smallest absolute Gasteiger partial charge is 0.179 e. The number of ketones is 1. The molecule has 1 aromatic heterocycles. The monoisotopic (exact) mass is 237 g/mol. The third-order valence-electron chi connectivity index (χ3n) is 3.04. The molecule has 82 valence electrons. The summed E-state index contributed by atoms with van der Waals surface area (Å²) < 4.78 is 13.3. The van der Waals surface area contributed by atoms with Crippen LogP contribution in [0.1, 0.15) is 28.9 Å². The number of rotatable bonds is 0. The highest BCUT2D eigenvalue weighted by Crippen LogP contribution is 2.33. The van der Waals surface area contributed by atoms with Crippen LogP contribution in [0.2, 0.25) is 5.02 Å². The van der Waals surface area contributed by atoms with Gasteiger partial charge in [0.2, 0.25) is 0 Å². The van der Waals surface area contributed by atoms with Crippen molar-refractivity contribution in [2.24, 2.45) is 0 Å². The van der Waals surface area contributed by atoms with Crippen LogP contribution < -0.4 is 0 Å². The van der Waals surface area contributed by atoms with E-state index < -0.39 is 0 Å². The number of hydrogen-bond donors (Lipinski definition) is 1. The Labute approximate surface area is 96.4 Å².